The summed E-state index contributed by atoms with van der Waals surface area (Å²) in [7, 11) is 0. The second kappa shape index (κ2) is 6.43. The third-order valence-corrected chi connectivity index (χ3v) is 4.37. The maximum Gasteiger partial charge on any atom is 0.416 e. The van der Waals surface area contributed by atoms with E-state index in [1.54, 1.807) is 0 Å². The first-order chi connectivity index (χ1) is 13.6. The molecule has 0 spiro atoms. The summed E-state index contributed by atoms with van der Waals surface area (Å²) in [4.78, 5) is 26.5. The lowest BCUT2D eigenvalue weighted by Crippen LogP contribution is -2.35. The molecule has 29 heavy (non-hydrogen) atoms. The maximum atomic E-state index is 13.5. The summed E-state index contributed by atoms with van der Waals surface area (Å²) in [5, 5.41) is 5.53. The van der Waals surface area contributed by atoms with E-state index in [1.165, 1.54) is 6.20 Å². The highest BCUT2D eigenvalue weighted by Crippen LogP contribution is 2.32. The molecule has 4 aromatic rings. The number of aromatic amines is 1. The molecule has 5 nitrogen and oxygen atoms in total. The first-order valence-corrected chi connectivity index (χ1v) is 8.16. The molecule has 0 aliphatic heterocycles. The predicted molar refractivity (Wildman–Crippen MR) is 97.6 cm³/mol. The average Bonchev–Trinajstić information content (AvgIpc) is 3.05. The van der Waals surface area contributed by atoms with Crippen molar-refractivity contribution in [1.29, 1.82) is 0 Å². The number of benzene rings is 2. The van der Waals surface area contributed by atoms with Crippen LogP contribution in [-0.2, 0) is 6.18 Å². The number of hydrogen-bond acceptors (Lipinski definition) is 4. The SMILES string of the molecule is O=c1c(Nc2ccc(C(F)(F)F)cc2)c(Nc2c[nH]c3cc(F)c(F)cc23)c1=O. The molecule has 0 saturated heterocycles. The molecule has 3 N–H and O–H groups in total. The Morgan fingerprint density at radius 3 is 2.03 bits per heavy atom. The standard InChI is InChI=1S/C19H10F5N3O2/c20-11-5-10-13(6-12(11)21)25-7-14(10)27-16-15(17(28)18(16)29)26-9-3-1-8(2-4-9)19(22,23)24/h1-7,25-27H. The van der Waals surface area contributed by atoms with E-state index in [1.807, 2.05) is 0 Å². The molecule has 0 saturated carbocycles. The van der Waals surface area contributed by atoms with Gasteiger partial charge >= 0.3 is 6.18 Å². The second-order valence-corrected chi connectivity index (χ2v) is 6.25. The molecule has 10 heteroatoms. The number of H-pyrrole nitrogens is 1. The lowest BCUT2D eigenvalue weighted by Gasteiger charge is -2.15. The zero-order chi connectivity index (χ0) is 20.9. The predicted octanol–water partition coefficient (Wildman–Crippen LogP) is 4.55. The van der Waals surface area contributed by atoms with E-state index in [-0.39, 0.29) is 33.7 Å². The third kappa shape index (κ3) is 3.22. The van der Waals surface area contributed by atoms with Gasteiger partial charge in [-0.25, -0.2) is 8.78 Å². The molecular weight excluding hydrogens is 397 g/mol. The van der Waals surface area contributed by atoms with Crippen LogP contribution in [0.15, 0.2) is 52.2 Å². The van der Waals surface area contributed by atoms with Gasteiger partial charge in [-0.3, -0.25) is 9.59 Å². The van der Waals surface area contributed by atoms with Crippen molar-refractivity contribution in [2.45, 2.75) is 6.18 Å². The molecule has 1 aromatic heterocycles. The highest BCUT2D eigenvalue weighted by molar-refractivity contribution is 5.96. The Bertz CT molecular complexity index is 1300. The Morgan fingerprint density at radius 2 is 1.41 bits per heavy atom. The van der Waals surface area contributed by atoms with E-state index in [4.69, 9.17) is 0 Å². The van der Waals surface area contributed by atoms with Crippen LogP contribution in [0.25, 0.3) is 10.9 Å². The van der Waals surface area contributed by atoms with Crippen LogP contribution < -0.4 is 21.5 Å². The number of halogens is 5. The maximum absolute atomic E-state index is 13.5. The van der Waals surface area contributed by atoms with Crippen molar-refractivity contribution < 1.29 is 22.0 Å². The van der Waals surface area contributed by atoms with Crippen LogP contribution in [0, 0.1) is 11.6 Å². The lowest BCUT2D eigenvalue weighted by atomic mass is 10.1. The van der Waals surface area contributed by atoms with Crippen molar-refractivity contribution in [2.75, 3.05) is 10.6 Å². The number of nitrogens with one attached hydrogen (secondary N) is 3. The van der Waals surface area contributed by atoms with Gasteiger partial charge in [-0.2, -0.15) is 13.2 Å². The van der Waals surface area contributed by atoms with Gasteiger partial charge < -0.3 is 15.6 Å². The zero-order valence-electron chi connectivity index (χ0n) is 14.2. The van der Waals surface area contributed by atoms with Crippen molar-refractivity contribution in [2.24, 2.45) is 0 Å². The Hall–Kier alpha value is -3.69. The molecule has 0 amide bonds. The first-order valence-electron chi connectivity index (χ1n) is 8.16. The molecule has 0 aliphatic carbocycles. The van der Waals surface area contributed by atoms with E-state index >= 15 is 0 Å². The first kappa shape index (κ1) is 18.7. The Balaban J connectivity index is 1.63. The fraction of sp³-hybridized carbons (Fsp3) is 0.0526. The molecule has 0 unspecified atom stereocenters. The number of hydrogen-bond donors (Lipinski definition) is 3. The molecule has 0 radical (unpaired) electrons. The Morgan fingerprint density at radius 1 is 0.828 bits per heavy atom. The molecule has 0 bridgehead atoms. The third-order valence-electron chi connectivity index (χ3n) is 4.37. The molecule has 0 atom stereocenters. The summed E-state index contributed by atoms with van der Waals surface area (Å²) in [5.41, 5.74) is -2.20. The van der Waals surface area contributed by atoms with E-state index in [0.29, 0.717) is 0 Å². The Kier molecular flexibility index (Phi) is 4.14. The summed E-state index contributed by atoms with van der Waals surface area (Å²) >= 11 is 0. The summed E-state index contributed by atoms with van der Waals surface area (Å²) < 4.78 is 64.7. The average molecular weight is 407 g/mol. The zero-order valence-corrected chi connectivity index (χ0v) is 14.2. The van der Waals surface area contributed by atoms with E-state index in [0.717, 1.165) is 36.4 Å². The van der Waals surface area contributed by atoms with Gasteiger partial charge in [0.1, 0.15) is 11.4 Å². The minimum Gasteiger partial charge on any atom is -0.359 e. The normalized spacial score (nSPS) is 11.9. The number of alkyl halides is 3. The number of aromatic nitrogens is 1. The molecular formula is C19H10F5N3O2. The van der Waals surface area contributed by atoms with Crippen molar-refractivity contribution in [3.8, 4) is 0 Å². The largest absolute Gasteiger partial charge is 0.416 e. The summed E-state index contributed by atoms with van der Waals surface area (Å²) in [6, 6.07) is 5.77. The quantitative estimate of drug-likeness (QED) is 0.343. The summed E-state index contributed by atoms with van der Waals surface area (Å²) in [6.45, 7) is 0. The van der Waals surface area contributed by atoms with Gasteiger partial charge in [-0.15, -0.1) is 0 Å². The number of fused-ring (bicyclic) bond motifs is 1. The van der Waals surface area contributed by atoms with Gasteiger partial charge in [0.2, 0.25) is 0 Å². The van der Waals surface area contributed by atoms with Crippen LogP contribution in [0.5, 0.6) is 0 Å². The minimum absolute atomic E-state index is 0.138. The van der Waals surface area contributed by atoms with Crippen molar-refractivity contribution in [3.63, 3.8) is 0 Å². The van der Waals surface area contributed by atoms with Crippen LogP contribution in [0.2, 0.25) is 0 Å². The number of rotatable bonds is 4. The van der Waals surface area contributed by atoms with Gasteiger partial charge in [0.25, 0.3) is 10.9 Å². The van der Waals surface area contributed by atoms with E-state index < -0.39 is 34.2 Å². The van der Waals surface area contributed by atoms with Crippen LogP contribution in [-0.4, -0.2) is 4.98 Å². The van der Waals surface area contributed by atoms with Crippen molar-refractivity contribution in [3.05, 3.63) is 80.2 Å². The summed E-state index contributed by atoms with van der Waals surface area (Å²) in [6.07, 6.45) is -3.14. The molecule has 148 valence electrons. The highest BCUT2D eigenvalue weighted by atomic mass is 19.4. The van der Waals surface area contributed by atoms with Crippen molar-refractivity contribution >= 4 is 33.7 Å². The fourth-order valence-corrected chi connectivity index (χ4v) is 2.87. The number of anilines is 4. The van der Waals surface area contributed by atoms with Gasteiger partial charge in [-0.1, -0.05) is 0 Å². The molecule has 3 aromatic carbocycles. The fourth-order valence-electron chi connectivity index (χ4n) is 2.87. The Labute approximate surface area is 158 Å². The van der Waals surface area contributed by atoms with E-state index in [9.17, 15) is 31.5 Å². The van der Waals surface area contributed by atoms with Crippen LogP contribution in [0.1, 0.15) is 5.56 Å². The summed E-state index contributed by atoms with van der Waals surface area (Å²) in [5.74, 6) is -2.14. The monoisotopic (exact) mass is 407 g/mol. The van der Waals surface area contributed by atoms with Crippen LogP contribution in [0.3, 0.4) is 0 Å². The van der Waals surface area contributed by atoms with Gasteiger partial charge in [0.05, 0.1) is 16.8 Å². The molecule has 0 fully saturated rings. The van der Waals surface area contributed by atoms with Gasteiger partial charge in [-0.05, 0) is 30.3 Å². The molecule has 4 rings (SSSR count). The van der Waals surface area contributed by atoms with Gasteiger partial charge in [0, 0.05) is 23.3 Å². The van der Waals surface area contributed by atoms with E-state index in [2.05, 4.69) is 15.6 Å². The van der Waals surface area contributed by atoms with Crippen molar-refractivity contribution in [1.82, 2.24) is 4.98 Å². The second-order valence-electron chi connectivity index (χ2n) is 6.25. The minimum atomic E-state index is -4.50. The molecule has 1 heterocycles. The smallest absolute Gasteiger partial charge is 0.359 e. The van der Waals surface area contributed by atoms with Crippen LogP contribution in [0.4, 0.5) is 44.7 Å². The topological polar surface area (TPSA) is 74.0 Å². The lowest BCUT2D eigenvalue weighted by molar-refractivity contribution is -0.137. The highest BCUT2D eigenvalue weighted by Gasteiger charge is 2.30. The van der Waals surface area contributed by atoms with Gasteiger partial charge in [0.15, 0.2) is 11.6 Å². The molecule has 0 aliphatic rings. The van der Waals surface area contributed by atoms with Crippen LogP contribution >= 0.6 is 0 Å².